The molecule has 30 heavy (non-hydrogen) atoms. The first kappa shape index (κ1) is 18.0. The Hall–Kier alpha value is -4.06. The number of nitrogen functional groups attached to an aromatic ring is 1. The Kier molecular flexibility index (Phi) is 4.25. The predicted molar refractivity (Wildman–Crippen MR) is 121 cm³/mol. The standard InChI is InChI=1S/C24H19N5O/c1-15-14-22(29(28-15)24(30)16-10-12-17(25)13-11-16)27-23-18-6-2-4-8-20(18)26-21-9-5-3-7-19(21)23/h2-13H,14,25H2,1H3. The zero-order valence-electron chi connectivity index (χ0n) is 16.4. The maximum Gasteiger partial charge on any atom is 0.279 e. The third-order valence-corrected chi connectivity index (χ3v) is 5.08. The molecule has 2 N–H and O–H groups in total. The van der Waals surface area contributed by atoms with Crippen LogP contribution >= 0.6 is 0 Å². The number of para-hydroxylation sites is 2. The average molecular weight is 393 g/mol. The van der Waals surface area contributed by atoms with Gasteiger partial charge in [0.1, 0.15) is 5.84 Å². The lowest BCUT2D eigenvalue weighted by Gasteiger charge is -2.15. The number of anilines is 1. The number of carbonyl (C=O) groups is 1. The average Bonchev–Trinajstić information content (AvgIpc) is 3.13. The van der Waals surface area contributed by atoms with Crippen LogP contribution in [0.15, 0.2) is 82.9 Å². The smallest absolute Gasteiger partial charge is 0.279 e. The van der Waals surface area contributed by atoms with Crippen LogP contribution in [0.3, 0.4) is 0 Å². The van der Waals surface area contributed by atoms with Gasteiger partial charge in [-0.05, 0) is 43.3 Å². The van der Waals surface area contributed by atoms with Gasteiger partial charge in [-0.25, -0.2) is 9.98 Å². The van der Waals surface area contributed by atoms with E-state index < -0.39 is 0 Å². The number of aromatic nitrogens is 1. The first-order chi connectivity index (χ1) is 14.6. The minimum atomic E-state index is -0.228. The normalized spacial score (nSPS) is 15.2. The molecule has 0 unspecified atom stereocenters. The number of fused-ring (bicyclic) bond motifs is 2. The number of hydrogen-bond acceptors (Lipinski definition) is 5. The number of nitrogens with zero attached hydrogens (tertiary/aromatic N) is 4. The molecule has 6 nitrogen and oxygen atoms in total. The fourth-order valence-electron chi connectivity index (χ4n) is 3.63. The molecule has 0 atom stereocenters. The monoisotopic (exact) mass is 393 g/mol. The Bertz CT molecular complexity index is 1300. The highest BCUT2D eigenvalue weighted by Gasteiger charge is 2.27. The van der Waals surface area contributed by atoms with Gasteiger partial charge in [-0.3, -0.25) is 4.79 Å². The number of nitrogens with two attached hydrogens (primary N) is 1. The Labute approximate surface area is 173 Å². The molecule has 146 valence electrons. The van der Waals surface area contributed by atoms with Crippen LogP contribution in [0, 0.1) is 0 Å². The number of amides is 1. The van der Waals surface area contributed by atoms with Crippen molar-refractivity contribution in [2.75, 3.05) is 5.73 Å². The predicted octanol–water partition coefficient (Wildman–Crippen LogP) is 4.92. The van der Waals surface area contributed by atoms with Gasteiger partial charge >= 0.3 is 0 Å². The number of amidine groups is 1. The number of aliphatic imine (C=N–C) groups is 1. The van der Waals surface area contributed by atoms with Crippen LogP contribution < -0.4 is 5.73 Å². The van der Waals surface area contributed by atoms with Gasteiger partial charge in [0.15, 0.2) is 0 Å². The lowest BCUT2D eigenvalue weighted by Crippen LogP contribution is -2.28. The Morgan fingerprint density at radius 1 is 0.933 bits per heavy atom. The van der Waals surface area contributed by atoms with Gasteiger partial charge in [0.05, 0.1) is 16.7 Å². The van der Waals surface area contributed by atoms with Crippen molar-refractivity contribution in [1.82, 2.24) is 9.99 Å². The lowest BCUT2D eigenvalue weighted by molar-refractivity contribution is 0.0853. The number of rotatable bonds is 2. The third-order valence-electron chi connectivity index (χ3n) is 5.08. The van der Waals surface area contributed by atoms with Crippen LogP contribution in [0.25, 0.3) is 21.8 Å². The molecule has 0 bridgehead atoms. The van der Waals surface area contributed by atoms with Crippen LogP contribution in [0.5, 0.6) is 0 Å². The molecule has 0 saturated carbocycles. The molecule has 3 aromatic carbocycles. The van der Waals surface area contributed by atoms with Crippen molar-refractivity contribution >= 4 is 50.6 Å². The van der Waals surface area contributed by atoms with E-state index in [-0.39, 0.29) is 5.91 Å². The topological polar surface area (TPSA) is 83.9 Å². The molecule has 5 rings (SSSR count). The molecule has 0 aliphatic carbocycles. The van der Waals surface area contributed by atoms with Gasteiger partial charge in [-0.1, -0.05) is 36.4 Å². The summed E-state index contributed by atoms with van der Waals surface area (Å²) in [6.07, 6.45) is 0.506. The van der Waals surface area contributed by atoms with Gasteiger partial charge in [-0.15, -0.1) is 0 Å². The zero-order valence-corrected chi connectivity index (χ0v) is 16.4. The second kappa shape index (κ2) is 7.08. The molecular formula is C24H19N5O. The molecule has 1 aliphatic heterocycles. The van der Waals surface area contributed by atoms with E-state index >= 15 is 0 Å². The second-order valence-corrected chi connectivity index (χ2v) is 7.27. The van der Waals surface area contributed by atoms with Crippen molar-refractivity contribution in [1.29, 1.82) is 0 Å². The lowest BCUT2D eigenvalue weighted by atomic mass is 10.1. The first-order valence-corrected chi connectivity index (χ1v) is 9.69. The van der Waals surface area contributed by atoms with Crippen molar-refractivity contribution < 1.29 is 4.79 Å². The van der Waals surface area contributed by atoms with Crippen molar-refractivity contribution in [3.8, 4) is 0 Å². The number of hydrogen-bond donors (Lipinski definition) is 1. The highest BCUT2D eigenvalue weighted by molar-refractivity contribution is 6.18. The maximum absolute atomic E-state index is 13.1. The molecule has 0 spiro atoms. The highest BCUT2D eigenvalue weighted by atomic mass is 16.2. The molecule has 4 aromatic rings. The van der Waals surface area contributed by atoms with Gasteiger partial charge < -0.3 is 5.73 Å². The van der Waals surface area contributed by atoms with E-state index in [4.69, 9.17) is 15.7 Å². The largest absolute Gasteiger partial charge is 0.399 e. The van der Waals surface area contributed by atoms with Crippen LogP contribution in [-0.4, -0.2) is 27.4 Å². The summed E-state index contributed by atoms with van der Waals surface area (Å²) < 4.78 is 0. The number of pyridine rings is 1. The van der Waals surface area contributed by atoms with Crippen LogP contribution in [0.2, 0.25) is 0 Å². The molecule has 0 fully saturated rings. The van der Waals surface area contributed by atoms with Crippen LogP contribution in [0.4, 0.5) is 11.4 Å². The molecular weight excluding hydrogens is 374 g/mol. The Balaban J connectivity index is 1.67. The summed E-state index contributed by atoms with van der Waals surface area (Å²) in [6, 6.07) is 22.6. The van der Waals surface area contributed by atoms with Crippen molar-refractivity contribution in [3.63, 3.8) is 0 Å². The van der Waals surface area contributed by atoms with E-state index in [1.807, 2.05) is 55.5 Å². The summed E-state index contributed by atoms with van der Waals surface area (Å²) in [5.74, 6) is 0.365. The summed E-state index contributed by atoms with van der Waals surface area (Å²) in [4.78, 5) is 22.8. The van der Waals surface area contributed by atoms with E-state index in [0.717, 1.165) is 33.2 Å². The molecule has 0 radical (unpaired) electrons. The number of hydrazone groups is 1. The minimum Gasteiger partial charge on any atom is -0.399 e. The van der Waals surface area contributed by atoms with Gasteiger partial charge in [0, 0.05) is 34.2 Å². The fraction of sp³-hybridized carbons (Fsp3) is 0.0833. The molecule has 1 amide bonds. The third kappa shape index (κ3) is 3.08. The van der Waals surface area contributed by atoms with E-state index in [9.17, 15) is 4.79 Å². The summed E-state index contributed by atoms with van der Waals surface area (Å²) >= 11 is 0. The summed E-state index contributed by atoms with van der Waals surface area (Å²) in [6.45, 7) is 1.90. The Morgan fingerprint density at radius 2 is 1.53 bits per heavy atom. The molecule has 2 heterocycles. The first-order valence-electron chi connectivity index (χ1n) is 9.69. The highest BCUT2D eigenvalue weighted by Crippen LogP contribution is 2.34. The van der Waals surface area contributed by atoms with E-state index in [0.29, 0.717) is 23.5 Å². The van der Waals surface area contributed by atoms with Crippen LogP contribution in [-0.2, 0) is 0 Å². The second-order valence-electron chi connectivity index (χ2n) is 7.27. The van der Waals surface area contributed by atoms with Gasteiger partial charge in [0.2, 0.25) is 0 Å². The van der Waals surface area contributed by atoms with Gasteiger partial charge in [-0.2, -0.15) is 10.1 Å². The van der Waals surface area contributed by atoms with Crippen molar-refractivity contribution in [2.45, 2.75) is 13.3 Å². The molecule has 6 heteroatoms. The van der Waals surface area contributed by atoms with Crippen molar-refractivity contribution in [3.05, 3.63) is 78.4 Å². The van der Waals surface area contributed by atoms with Crippen molar-refractivity contribution in [2.24, 2.45) is 10.1 Å². The van der Waals surface area contributed by atoms with E-state index in [1.54, 1.807) is 24.3 Å². The SMILES string of the molecule is CC1=NN(C(=O)c2ccc(N)cc2)C(=Nc2c3ccccc3nc3ccccc23)C1. The van der Waals surface area contributed by atoms with E-state index in [1.165, 1.54) is 5.01 Å². The minimum absolute atomic E-state index is 0.228. The number of benzene rings is 3. The van der Waals surface area contributed by atoms with Crippen LogP contribution in [0.1, 0.15) is 23.7 Å². The molecule has 0 saturated heterocycles. The summed E-state index contributed by atoms with van der Waals surface area (Å²) in [7, 11) is 0. The fourth-order valence-corrected chi connectivity index (χ4v) is 3.63. The maximum atomic E-state index is 13.1. The quantitative estimate of drug-likeness (QED) is 0.387. The Morgan fingerprint density at radius 3 is 2.17 bits per heavy atom. The molecule has 1 aromatic heterocycles. The number of carbonyl (C=O) groups excluding carboxylic acids is 1. The van der Waals surface area contributed by atoms with E-state index in [2.05, 4.69) is 5.10 Å². The zero-order chi connectivity index (χ0) is 20.7. The summed E-state index contributed by atoms with van der Waals surface area (Å²) in [5.41, 5.74) is 10.2. The molecule has 1 aliphatic rings. The summed E-state index contributed by atoms with van der Waals surface area (Å²) in [5, 5.41) is 7.72. The van der Waals surface area contributed by atoms with Gasteiger partial charge in [0.25, 0.3) is 5.91 Å².